The van der Waals surface area contributed by atoms with Gasteiger partial charge in [0.25, 0.3) is 5.91 Å². The first kappa shape index (κ1) is 20.2. The van der Waals surface area contributed by atoms with Crippen LogP contribution in [0.4, 0.5) is 10.8 Å². The van der Waals surface area contributed by atoms with Gasteiger partial charge in [0, 0.05) is 9.79 Å². The summed E-state index contributed by atoms with van der Waals surface area (Å²) >= 11 is 3.89. The summed E-state index contributed by atoms with van der Waals surface area (Å²) in [6, 6.07) is 17.3. The van der Waals surface area contributed by atoms with Crippen LogP contribution in [0.15, 0.2) is 68.7 Å². The number of hydrogen-bond acceptors (Lipinski definition) is 9. The van der Waals surface area contributed by atoms with Gasteiger partial charge in [0.1, 0.15) is 0 Å². The lowest BCUT2D eigenvalue weighted by atomic mass is 10.3. The average molecular weight is 433 g/mol. The first-order valence-electron chi connectivity index (χ1n) is 8.09. The molecule has 0 unspecified atom stereocenters. The van der Waals surface area contributed by atoms with Gasteiger partial charge < -0.3 is 15.8 Å². The number of carbonyl (C=O) groups excluding carboxylic acids is 2. The molecule has 0 spiro atoms. The molecule has 2 aromatic carbocycles. The van der Waals surface area contributed by atoms with E-state index in [9.17, 15) is 9.59 Å². The second-order valence-corrected chi connectivity index (χ2v) is 8.66. The third-order valence-corrected chi connectivity index (χ3v) is 6.18. The van der Waals surface area contributed by atoms with E-state index in [1.807, 2.05) is 48.5 Å². The third-order valence-electron chi connectivity index (χ3n) is 3.23. The van der Waals surface area contributed by atoms with Crippen LogP contribution in [0, 0.1) is 0 Å². The molecule has 0 radical (unpaired) electrons. The minimum atomic E-state index is -0.513. The van der Waals surface area contributed by atoms with E-state index in [1.165, 1.54) is 11.3 Å². The van der Waals surface area contributed by atoms with Crippen LogP contribution in [-0.4, -0.2) is 34.4 Å². The second-order valence-electron chi connectivity index (χ2n) is 5.32. The molecule has 0 aliphatic heterocycles. The van der Waals surface area contributed by atoms with Gasteiger partial charge in [0.15, 0.2) is 10.9 Å². The Hall–Kier alpha value is -2.56. The van der Waals surface area contributed by atoms with Gasteiger partial charge in [-0.1, -0.05) is 65.2 Å². The zero-order valence-corrected chi connectivity index (χ0v) is 17.0. The zero-order chi connectivity index (χ0) is 19.8. The topological polar surface area (TPSA) is 107 Å². The molecule has 7 nitrogen and oxygen atoms in total. The van der Waals surface area contributed by atoms with Crippen molar-refractivity contribution in [1.29, 1.82) is 0 Å². The first-order chi connectivity index (χ1) is 13.6. The Morgan fingerprint density at radius 1 is 1.07 bits per heavy atom. The number of amides is 1. The number of esters is 1. The number of ether oxygens (including phenoxy) is 1. The lowest BCUT2D eigenvalue weighted by Crippen LogP contribution is -2.21. The summed E-state index contributed by atoms with van der Waals surface area (Å²) in [4.78, 5) is 25.9. The van der Waals surface area contributed by atoms with Crippen molar-refractivity contribution in [1.82, 2.24) is 10.2 Å². The summed E-state index contributed by atoms with van der Waals surface area (Å²) in [5.41, 5.74) is 6.14. The molecule has 3 rings (SSSR count). The molecule has 0 atom stereocenters. The minimum absolute atomic E-state index is 0.0301. The van der Waals surface area contributed by atoms with E-state index in [-0.39, 0.29) is 12.4 Å². The largest absolute Gasteiger partial charge is 0.455 e. The molecular weight excluding hydrogens is 416 g/mol. The van der Waals surface area contributed by atoms with E-state index in [2.05, 4.69) is 15.5 Å². The Labute approximate surface area is 174 Å². The number of para-hydroxylation sites is 1. The van der Waals surface area contributed by atoms with Gasteiger partial charge in [-0.2, -0.15) is 0 Å². The Bertz CT molecular complexity index is 950. The molecule has 0 aliphatic rings. The van der Waals surface area contributed by atoms with Crippen molar-refractivity contribution in [3.05, 3.63) is 54.6 Å². The van der Waals surface area contributed by atoms with Crippen LogP contribution in [0.3, 0.4) is 0 Å². The van der Waals surface area contributed by atoms with Crippen molar-refractivity contribution in [3.8, 4) is 0 Å². The molecule has 1 aromatic heterocycles. The lowest BCUT2D eigenvalue weighted by molar-refractivity contribution is -0.144. The number of thioether (sulfide) groups is 1. The summed E-state index contributed by atoms with van der Waals surface area (Å²) in [6.07, 6.45) is 0. The Morgan fingerprint density at radius 3 is 2.57 bits per heavy atom. The van der Waals surface area contributed by atoms with E-state index in [0.717, 1.165) is 21.6 Å². The fourth-order valence-corrected chi connectivity index (χ4v) is 4.40. The van der Waals surface area contributed by atoms with Crippen LogP contribution in [0.2, 0.25) is 0 Å². The molecule has 0 bridgehead atoms. The second kappa shape index (κ2) is 10.1. The number of nitrogens with zero attached hydrogens (tertiary/aromatic N) is 2. The molecule has 3 N–H and O–H groups in total. The third kappa shape index (κ3) is 6.25. The van der Waals surface area contributed by atoms with Crippen molar-refractivity contribution in [2.24, 2.45) is 0 Å². The minimum Gasteiger partial charge on any atom is -0.455 e. The number of rotatable bonds is 8. The van der Waals surface area contributed by atoms with Crippen molar-refractivity contribution in [2.45, 2.75) is 14.1 Å². The number of benzene rings is 2. The number of hydrogen-bond donors (Lipinski definition) is 2. The van der Waals surface area contributed by atoms with Gasteiger partial charge in [0.05, 0.1) is 11.4 Å². The van der Waals surface area contributed by atoms with Crippen LogP contribution in [0.1, 0.15) is 0 Å². The maximum Gasteiger partial charge on any atom is 0.316 e. The van der Waals surface area contributed by atoms with Crippen LogP contribution >= 0.6 is 34.9 Å². The van der Waals surface area contributed by atoms with Crippen LogP contribution < -0.4 is 11.1 Å². The molecule has 0 fully saturated rings. The van der Waals surface area contributed by atoms with Crippen LogP contribution in [0.25, 0.3) is 0 Å². The molecule has 10 heteroatoms. The summed E-state index contributed by atoms with van der Waals surface area (Å²) < 4.78 is 5.58. The fourth-order valence-electron chi connectivity index (χ4n) is 2.05. The van der Waals surface area contributed by atoms with Crippen molar-refractivity contribution in [3.63, 3.8) is 0 Å². The van der Waals surface area contributed by atoms with Crippen molar-refractivity contribution >= 4 is 57.6 Å². The summed E-state index contributed by atoms with van der Waals surface area (Å²) in [5, 5.41) is 10.6. The van der Waals surface area contributed by atoms with E-state index in [0.29, 0.717) is 15.2 Å². The van der Waals surface area contributed by atoms with Crippen LogP contribution in [-0.2, 0) is 14.3 Å². The van der Waals surface area contributed by atoms with Crippen molar-refractivity contribution in [2.75, 3.05) is 23.4 Å². The molecule has 0 saturated heterocycles. The monoisotopic (exact) mass is 432 g/mol. The summed E-state index contributed by atoms with van der Waals surface area (Å²) in [5.74, 6) is -0.886. The highest BCUT2D eigenvalue weighted by atomic mass is 32.2. The molecule has 0 aliphatic carbocycles. The Morgan fingerprint density at radius 2 is 1.82 bits per heavy atom. The highest BCUT2D eigenvalue weighted by Gasteiger charge is 2.12. The summed E-state index contributed by atoms with van der Waals surface area (Å²) in [7, 11) is 0. The Kier molecular flexibility index (Phi) is 7.29. The molecule has 28 heavy (non-hydrogen) atoms. The van der Waals surface area contributed by atoms with Gasteiger partial charge in [0.2, 0.25) is 5.13 Å². The zero-order valence-electron chi connectivity index (χ0n) is 14.5. The standard InChI is InChI=1S/C18H16N4O3S3/c19-17-21-22-18(28-17)26-11-16(24)25-10-15(23)20-13-8-4-5-9-14(13)27-12-6-2-1-3-7-12/h1-9H,10-11H2,(H2,19,21)(H,20,23). The SMILES string of the molecule is Nc1nnc(SCC(=O)OCC(=O)Nc2ccccc2Sc2ccccc2)s1. The quantitative estimate of drug-likeness (QED) is 0.411. The molecule has 3 aromatic rings. The van der Waals surface area contributed by atoms with Gasteiger partial charge in [-0.15, -0.1) is 10.2 Å². The number of nitrogens with two attached hydrogens (primary N) is 1. The van der Waals surface area contributed by atoms with Crippen molar-refractivity contribution < 1.29 is 14.3 Å². The van der Waals surface area contributed by atoms with Gasteiger partial charge in [-0.05, 0) is 24.3 Å². The Balaban J connectivity index is 1.48. The fraction of sp³-hybridized carbons (Fsp3) is 0.111. The summed E-state index contributed by atoms with van der Waals surface area (Å²) in [6.45, 7) is -0.359. The predicted octanol–water partition coefficient (Wildman–Crippen LogP) is 3.55. The smallest absolute Gasteiger partial charge is 0.316 e. The molecule has 144 valence electrons. The van der Waals surface area contributed by atoms with E-state index >= 15 is 0 Å². The molecule has 1 amide bonds. The number of nitrogens with one attached hydrogen (secondary N) is 1. The van der Waals surface area contributed by atoms with Gasteiger partial charge in [-0.25, -0.2) is 0 Å². The van der Waals surface area contributed by atoms with Gasteiger partial charge >= 0.3 is 5.97 Å². The highest BCUT2D eigenvalue weighted by Crippen LogP contribution is 2.33. The highest BCUT2D eigenvalue weighted by molar-refractivity contribution is 8.01. The molecule has 1 heterocycles. The van der Waals surface area contributed by atoms with E-state index < -0.39 is 11.9 Å². The predicted molar refractivity (Wildman–Crippen MR) is 112 cm³/mol. The van der Waals surface area contributed by atoms with Crippen LogP contribution in [0.5, 0.6) is 0 Å². The normalized spacial score (nSPS) is 10.4. The average Bonchev–Trinajstić information content (AvgIpc) is 3.12. The van der Waals surface area contributed by atoms with E-state index in [1.54, 1.807) is 17.8 Å². The number of aromatic nitrogens is 2. The molecule has 0 saturated carbocycles. The van der Waals surface area contributed by atoms with Gasteiger partial charge in [-0.3, -0.25) is 9.59 Å². The maximum atomic E-state index is 12.2. The molecular formula is C18H16N4O3S3. The first-order valence-corrected chi connectivity index (χ1v) is 10.7. The number of carbonyl (C=O) groups is 2. The lowest BCUT2D eigenvalue weighted by Gasteiger charge is -2.11. The maximum absolute atomic E-state index is 12.2. The number of nitrogen functional groups attached to an aromatic ring is 1. The van der Waals surface area contributed by atoms with E-state index in [4.69, 9.17) is 10.5 Å². The number of anilines is 2.